The van der Waals surface area contributed by atoms with Crippen molar-refractivity contribution in [1.29, 1.82) is 5.26 Å². The molecule has 1 aliphatic rings. The van der Waals surface area contributed by atoms with Crippen molar-refractivity contribution in [3.8, 4) is 6.07 Å². The van der Waals surface area contributed by atoms with E-state index in [2.05, 4.69) is 24.4 Å². The maximum absolute atomic E-state index is 8.47. The van der Waals surface area contributed by atoms with E-state index >= 15 is 0 Å². The van der Waals surface area contributed by atoms with Crippen molar-refractivity contribution >= 4 is 0 Å². The van der Waals surface area contributed by atoms with Crippen LogP contribution >= 0.6 is 0 Å². The van der Waals surface area contributed by atoms with Gasteiger partial charge in [-0.25, -0.2) is 0 Å². The highest BCUT2D eigenvalue weighted by Gasteiger charge is 2.09. The van der Waals surface area contributed by atoms with Gasteiger partial charge < -0.3 is 0 Å². The molecule has 0 radical (unpaired) electrons. The largest absolute Gasteiger partial charge is 0.298 e. The van der Waals surface area contributed by atoms with Crippen LogP contribution in [0.4, 0.5) is 0 Å². The molecule has 0 aliphatic carbocycles. The summed E-state index contributed by atoms with van der Waals surface area (Å²) in [5.41, 5.74) is 1.32. The van der Waals surface area contributed by atoms with Crippen LogP contribution in [0.2, 0.25) is 0 Å². The predicted octanol–water partition coefficient (Wildman–Crippen LogP) is 0.818. The molecule has 0 aromatic rings. The van der Waals surface area contributed by atoms with Crippen molar-refractivity contribution in [2.24, 2.45) is 0 Å². The second-order valence-corrected chi connectivity index (χ2v) is 2.34. The normalized spacial score (nSPS) is 26.7. The van der Waals surface area contributed by atoms with Gasteiger partial charge in [0.25, 0.3) is 0 Å². The van der Waals surface area contributed by atoms with Gasteiger partial charge in [-0.15, -0.1) is 0 Å². The first-order valence-corrected chi connectivity index (χ1v) is 3.11. The second-order valence-electron chi connectivity index (χ2n) is 2.34. The van der Waals surface area contributed by atoms with Gasteiger partial charge in [0, 0.05) is 6.54 Å². The molecule has 0 bridgehead atoms. The van der Waals surface area contributed by atoms with Crippen LogP contribution in [0.3, 0.4) is 0 Å². The molecule has 2 heteroatoms. The lowest BCUT2D eigenvalue weighted by atomic mass is 10.1. The quantitative estimate of drug-likeness (QED) is 0.483. The number of nitriles is 1. The molecule has 1 aliphatic heterocycles. The standard InChI is InChI=1S/C7H10N2/c1-6-2-3-9-7(4-6)5-8/h2,7,9H,3-4H2,1H3. The minimum absolute atomic E-state index is 0.0509. The van der Waals surface area contributed by atoms with E-state index in [0.717, 1.165) is 13.0 Å². The van der Waals surface area contributed by atoms with Crippen molar-refractivity contribution in [1.82, 2.24) is 5.32 Å². The van der Waals surface area contributed by atoms with Gasteiger partial charge in [-0.2, -0.15) is 5.26 Å². The van der Waals surface area contributed by atoms with Crippen molar-refractivity contribution in [2.75, 3.05) is 6.54 Å². The third-order valence-electron chi connectivity index (χ3n) is 1.50. The third kappa shape index (κ3) is 1.55. The van der Waals surface area contributed by atoms with Gasteiger partial charge in [-0.1, -0.05) is 11.6 Å². The molecule has 1 atom stereocenters. The average molecular weight is 122 g/mol. The summed E-state index contributed by atoms with van der Waals surface area (Å²) in [6.07, 6.45) is 3.00. The van der Waals surface area contributed by atoms with Crippen LogP contribution in [0.1, 0.15) is 13.3 Å². The Hall–Kier alpha value is -0.810. The lowest BCUT2D eigenvalue weighted by molar-refractivity contribution is 0.609. The number of nitrogens with one attached hydrogen (secondary N) is 1. The molecule has 1 N–H and O–H groups in total. The maximum Gasteiger partial charge on any atom is 0.0992 e. The molecular formula is C7H10N2. The molecule has 0 saturated carbocycles. The van der Waals surface area contributed by atoms with Gasteiger partial charge in [0.2, 0.25) is 0 Å². The number of hydrogen-bond acceptors (Lipinski definition) is 2. The van der Waals surface area contributed by atoms with Crippen LogP contribution in [-0.4, -0.2) is 12.6 Å². The first kappa shape index (κ1) is 6.31. The average Bonchev–Trinajstić information content (AvgIpc) is 1.88. The second kappa shape index (κ2) is 2.65. The maximum atomic E-state index is 8.47. The fourth-order valence-corrected chi connectivity index (χ4v) is 0.944. The molecule has 0 fully saturated rings. The lowest BCUT2D eigenvalue weighted by Gasteiger charge is -2.15. The van der Waals surface area contributed by atoms with Crippen molar-refractivity contribution in [3.05, 3.63) is 11.6 Å². The fraction of sp³-hybridized carbons (Fsp3) is 0.571. The zero-order valence-corrected chi connectivity index (χ0v) is 5.52. The van der Waals surface area contributed by atoms with E-state index in [9.17, 15) is 0 Å². The summed E-state index contributed by atoms with van der Waals surface area (Å²) in [5.74, 6) is 0. The van der Waals surface area contributed by atoms with Gasteiger partial charge >= 0.3 is 0 Å². The Morgan fingerprint density at radius 2 is 2.67 bits per heavy atom. The molecule has 0 aromatic carbocycles. The summed E-state index contributed by atoms with van der Waals surface area (Å²) in [4.78, 5) is 0. The number of rotatable bonds is 0. The zero-order valence-electron chi connectivity index (χ0n) is 5.52. The Morgan fingerprint density at radius 1 is 1.89 bits per heavy atom. The zero-order chi connectivity index (χ0) is 6.69. The Labute approximate surface area is 55.2 Å². The summed E-state index contributed by atoms with van der Waals surface area (Å²) >= 11 is 0. The highest BCUT2D eigenvalue weighted by Crippen LogP contribution is 2.07. The highest BCUT2D eigenvalue weighted by molar-refractivity contribution is 5.11. The summed E-state index contributed by atoms with van der Waals surface area (Å²) in [7, 11) is 0. The summed E-state index contributed by atoms with van der Waals surface area (Å²) in [6.45, 7) is 2.91. The van der Waals surface area contributed by atoms with Crippen molar-refractivity contribution in [3.63, 3.8) is 0 Å². The van der Waals surface area contributed by atoms with Crippen LogP contribution < -0.4 is 5.32 Å². The highest BCUT2D eigenvalue weighted by atomic mass is 14.9. The lowest BCUT2D eigenvalue weighted by Crippen LogP contribution is -2.31. The van der Waals surface area contributed by atoms with Crippen LogP contribution in [0.15, 0.2) is 11.6 Å². The first-order valence-electron chi connectivity index (χ1n) is 3.11. The molecular weight excluding hydrogens is 112 g/mol. The molecule has 2 nitrogen and oxygen atoms in total. The van der Waals surface area contributed by atoms with E-state index in [1.807, 2.05) is 0 Å². The minimum atomic E-state index is 0.0509. The topological polar surface area (TPSA) is 35.8 Å². The van der Waals surface area contributed by atoms with E-state index < -0.39 is 0 Å². The molecule has 0 saturated heterocycles. The first-order chi connectivity index (χ1) is 4.33. The molecule has 9 heavy (non-hydrogen) atoms. The summed E-state index contributed by atoms with van der Waals surface area (Å²) < 4.78 is 0. The molecule has 1 heterocycles. The smallest absolute Gasteiger partial charge is 0.0992 e. The monoisotopic (exact) mass is 122 g/mol. The van der Waals surface area contributed by atoms with Crippen molar-refractivity contribution < 1.29 is 0 Å². The van der Waals surface area contributed by atoms with Gasteiger partial charge in [-0.3, -0.25) is 5.32 Å². The van der Waals surface area contributed by atoms with E-state index in [-0.39, 0.29) is 6.04 Å². The van der Waals surface area contributed by atoms with Crippen molar-refractivity contribution in [2.45, 2.75) is 19.4 Å². The van der Waals surface area contributed by atoms with Crippen LogP contribution in [0, 0.1) is 11.3 Å². The van der Waals surface area contributed by atoms with Crippen LogP contribution in [0.5, 0.6) is 0 Å². The fourth-order valence-electron chi connectivity index (χ4n) is 0.944. The molecule has 0 spiro atoms. The Kier molecular flexibility index (Phi) is 1.86. The summed E-state index contributed by atoms with van der Waals surface area (Å²) in [6, 6.07) is 2.23. The van der Waals surface area contributed by atoms with Gasteiger partial charge in [-0.05, 0) is 13.3 Å². The van der Waals surface area contributed by atoms with E-state index in [4.69, 9.17) is 5.26 Å². The van der Waals surface area contributed by atoms with Crippen LogP contribution in [0.25, 0.3) is 0 Å². The Bertz CT molecular complexity index is 164. The summed E-state index contributed by atoms with van der Waals surface area (Å²) in [5, 5.41) is 11.5. The SMILES string of the molecule is CC1=CCNC(C#N)C1. The number of nitrogens with zero attached hydrogens (tertiary/aromatic N) is 1. The predicted molar refractivity (Wildman–Crippen MR) is 35.8 cm³/mol. The number of hydrogen-bond donors (Lipinski definition) is 1. The molecule has 1 unspecified atom stereocenters. The molecule has 0 amide bonds. The van der Waals surface area contributed by atoms with E-state index in [0.29, 0.717) is 0 Å². The van der Waals surface area contributed by atoms with E-state index in [1.165, 1.54) is 5.57 Å². The Balaban J connectivity index is 2.51. The van der Waals surface area contributed by atoms with E-state index in [1.54, 1.807) is 0 Å². The van der Waals surface area contributed by atoms with Gasteiger partial charge in [0.15, 0.2) is 0 Å². The Morgan fingerprint density at radius 3 is 3.11 bits per heavy atom. The van der Waals surface area contributed by atoms with Gasteiger partial charge in [0.1, 0.15) is 0 Å². The molecule has 1 rings (SSSR count). The molecule has 48 valence electrons. The minimum Gasteiger partial charge on any atom is -0.298 e. The van der Waals surface area contributed by atoms with Gasteiger partial charge in [0.05, 0.1) is 12.1 Å². The third-order valence-corrected chi connectivity index (χ3v) is 1.50. The van der Waals surface area contributed by atoms with Crippen LogP contribution in [-0.2, 0) is 0 Å². The molecule has 0 aromatic heterocycles.